The van der Waals surface area contributed by atoms with Crippen LogP contribution in [0.15, 0.2) is 24.3 Å². The van der Waals surface area contributed by atoms with E-state index in [9.17, 15) is 0 Å². The molecule has 0 radical (unpaired) electrons. The number of alkyl halides is 1. The van der Waals surface area contributed by atoms with Crippen molar-refractivity contribution >= 4 is 11.6 Å². The van der Waals surface area contributed by atoms with E-state index in [-0.39, 0.29) is 0 Å². The van der Waals surface area contributed by atoms with E-state index in [2.05, 4.69) is 31.2 Å². The van der Waals surface area contributed by atoms with Crippen LogP contribution in [0, 0.1) is 17.8 Å². The average Bonchev–Trinajstić information content (AvgIpc) is 2.64. The molecule has 3 rings (SSSR count). The van der Waals surface area contributed by atoms with Crippen LogP contribution in [-0.2, 0) is 12.8 Å². The normalized spacial score (nSPS) is 32.9. The SMILES string of the molecule is CCC(Cl)C1C2CCC1Cc1ccccc1C2. The lowest BCUT2D eigenvalue weighted by atomic mass is 9.84. The highest BCUT2D eigenvalue weighted by Gasteiger charge is 2.41. The van der Waals surface area contributed by atoms with Crippen molar-refractivity contribution < 1.29 is 0 Å². The molecule has 2 bridgehead atoms. The zero-order valence-corrected chi connectivity index (χ0v) is 11.3. The second kappa shape index (κ2) is 4.65. The van der Waals surface area contributed by atoms with E-state index >= 15 is 0 Å². The molecule has 0 amide bonds. The molecule has 2 aliphatic rings. The van der Waals surface area contributed by atoms with Crippen molar-refractivity contribution in [3.63, 3.8) is 0 Å². The average molecular weight is 249 g/mol. The van der Waals surface area contributed by atoms with E-state index in [4.69, 9.17) is 11.6 Å². The molecule has 1 aromatic rings. The fraction of sp³-hybridized carbons (Fsp3) is 0.625. The first-order chi connectivity index (χ1) is 8.29. The minimum atomic E-state index is 0.391. The van der Waals surface area contributed by atoms with Gasteiger partial charge in [0.2, 0.25) is 0 Å². The monoisotopic (exact) mass is 248 g/mol. The number of halogens is 1. The van der Waals surface area contributed by atoms with Crippen LogP contribution in [0.25, 0.3) is 0 Å². The Morgan fingerprint density at radius 2 is 1.65 bits per heavy atom. The number of benzene rings is 1. The lowest BCUT2D eigenvalue weighted by molar-refractivity contribution is 0.301. The predicted octanol–water partition coefficient (Wildman–Crippen LogP) is 4.45. The van der Waals surface area contributed by atoms with Crippen molar-refractivity contribution in [2.45, 2.75) is 44.4 Å². The van der Waals surface area contributed by atoms with Gasteiger partial charge in [-0.25, -0.2) is 0 Å². The van der Waals surface area contributed by atoms with Crippen LogP contribution in [-0.4, -0.2) is 5.38 Å². The van der Waals surface area contributed by atoms with Crippen molar-refractivity contribution in [1.29, 1.82) is 0 Å². The molecule has 0 aromatic heterocycles. The second-order valence-corrected chi connectivity index (χ2v) is 6.34. The van der Waals surface area contributed by atoms with Gasteiger partial charge in [0.15, 0.2) is 0 Å². The van der Waals surface area contributed by atoms with Gasteiger partial charge in [-0.15, -0.1) is 11.6 Å². The van der Waals surface area contributed by atoms with Gasteiger partial charge in [-0.1, -0.05) is 31.2 Å². The fourth-order valence-electron chi connectivity index (χ4n) is 4.06. The van der Waals surface area contributed by atoms with Crippen LogP contribution in [0.1, 0.15) is 37.3 Å². The highest BCUT2D eigenvalue weighted by Crippen LogP contribution is 2.47. The molecule has 3 atom stereocenters. The second-order valence-electron chi connectivity index (χ2n) is 5.78. The molecule has 0 nitrogen and oxygen atoms in total. The van der Waals surface area contributed by atoms with E-state index in [1.54, 1.807) is 11.1 Å². The van der Waals surface area contributed by atoms with Crippen LogP contribution < -0.4 is 0 Å². The summed E-state index contributed by atoms with van der Waals surface area (Å²) >= 11 is 6.59. The maximum Gasteiger partial charge on any atom is 0.0367 e. The van der Waals surface area contributed by atoms with Crippen LogP contribution in [0.2, 0.25) is 0 Å². The molecule has 1 heteroatoms. The summed E-state index contributed by atoms with van der Waals surface area (Å²) in [7, 11) is 0. The van der Waals surface area contributed by atoms with E-state index in [0.717, 1.165) is 24.2 Å². The van der Waals surface area contributed by atoms with Crippen LogP contribution in [0.4, 0.5) is 0 Å². The Balaban J connectivity index is 1.92. The van der Waals surface area contributed by atoms with Crippen molar-refractivity contribution in [3.8, 4) is 0 Å². The zero-order chi connectivity index (χ0) is 11.8. The van der Waals surface area contributed by atoms with Gasteiger partial charge in [0.1, 0.15) is 0 Å². The van der Waals surface area contributed by atoms with Gasteiger partial charge in [-0.05, 0) is 61.0 Å². The minimum absolute atomic E-state index is 0.391. The molecule has 1 saturated carbocycles. The Morgan fingerprint density at radius 1 is 1.12 bits per heavy atom. The third kappa shape index (κ3) is 2.01. The Morgan fingerprint density at radius 3 is 2.12 bits per heavy atom. The van der Waals surface area contributed by atoms with E-state index < -0.39 is 0 Å². The molecule has 0 aliphatic heterocycles. The fourth-order valence-corrected chi connectivity index (χ4v) is 4.47. The molecule has 17 heavy (non-hydrogen) atoms. The summed E-state index contributed by atoms with van der Waals surface area (Å²) in [5.41, 5.74) is 3.18. The van der Waals surface area contributed by atoms with Crippen LogP contribution in [0.5, 0.6) is 0 Å². The molecule has 3 unspecified atom stereocenters. The first-order valence-corrected chi connectivity index (χ1v) is 7.44. The van der Waals surface area contributed by atoms with Gasteiger partial charge >= 0.3 is 0 Å². The van der Waals surface area contributed by atoms with Crippen molar-refractivity contribution in [3.05, 3.63) is 35.4 Å². The highest BCUT2D eigenvalue weighted by molar-refractivity contribution is 6.20. The highest BCUT2D eigenvalue weighted by atomic mass is 35.5. The third-order valence-electron chi connectivity index (χ3n) is 4.89. The number of fused-ring (bicyclic) bond motifs is 3. The van der Waals surface area contributed by atoms with Crippen molar-refractivity contribution in [2.75, 3.05) is 0 Å². The largest absolute Gasteiger partial charge is 0.123 e. The van der Waals surface area contributed by atoms with E-state index in [0.29, 0.717) is 5.38 Å². The molecular weight excluding hydrogens is 228 g/mol. The maximum absolute atomic E-state index is 6.59. The van der Waals surface area contributed by atoms with Crippen molar-refractivity contribution in [2.24, 2.45) is 17.8 Å². The lowest BCUT2D eigenvalue weighted by Crippen LogP contribution is -2.25. The standard InChI is InChI=1S/C16H21Cl/c1-2-15(17)16-13-7-8-14(16)10-12-6-4-3-5-11(12)9-13/h3-6,13-16H,2,7-10H2,1H3. The number of rotatable bonds is 2. The van der Waals surface area contributed by atoms with Gasteiger partial charge in [0, 0.05) is 5.38 Å². The molecule has 0 heterocycles. The third-order valence-corrected chi connectivity index (χ3v) is 5.49. The Bertz CT molecular complexity index is 365. The summed E-state index contributed by atoms with van der Waals surface area (Å²) in [5.74, 6) is 2.44. The minimum Gasteiger partial charge on any atom is -0.123 e. The van der Waals surface area contributed by atoms with Gasteiger partial charge in [-0.2, -0.15) is 0 Å². The van der Waals surface area contributed by atoms with Crippen LogP contribution >= 0.6 is 11.6 Å². The van der Waals surface area contributed by atoms with Gasteiger partial charge in [0.25, 0.3) is 0 Å². The maximum atomic E-state index is 6.59. The van der Waals surface area contributed by atoms with Gasteiger partial charge < -0.3 is 0 Å². The van der Waals surface area contributed by atoms with Crippen LogP contribution in [0.3, 0.4) is 0 Å². The number of hydrogen-bond acceptors (Lipinski definition) is 0. The van der Waals surface area contributed by atoms with E-state index in [1.807, 2.05) is 0 Å². The molecule has 1 fully saturated rings. The first kappa shape index (κ1) is 11.6. The predicted molar refractivity (Wildman–Crippen MR) is 73.5 cm³/mol. The topological polar surface area (TPSA) is 0 Å². The summed E-state index contributed by atoms with van der Waals surface area (Å²) in [5, 5.41) is 0.391. The molecular formula is C16H21Cl. The Kier molecular flexibility index (Phi) is 3.17. The van der Waals surface area contributed by atoms with Gasteiger partial charge in [-0.3, -0.25) is 0 Å². The summed E-state index contributed by atoms with van der Waals surface area (Å²) in [6.45, 7) is 2.23. The first-order valence-electron chi connectivity index (χ1n) is 7.00. The molecule has 0 N–H and O–H groups in total. The lowest BCUT2D eigenvalue weighted by Gasteiger charge is -2.26. The summed E-state index contributed by atoms with van der Waals surface area (Å²) in [4.78, 5) is 0. The van der Waals surface area contributed by atoms with Gasteiger partial charge in [0.05, 0.1) is 0 Å². The van der Waals surface area contributed by atoms with Crippen molar-refractivity contribution in [1.82, 2.24) is 0 Å². The summed E-state index contributed by atoms with van der Waals surface area (Å²) < 4.78 is 0. The summed E-state index contributed by atoms with van der Waals surface area (Å²) in [6, 6.07) is 9.01. The Labute approximate surface area is 109 Å². The Hall–Kier alpha value is -0.490. The number of hydrogen-bond donors (Lipinski definition) is 0. The molecule has 0 spiro atoms. The quantitative estimate of drug-likeness (QED) is 0.679. The smallest absolute Gasteiger partial charge is 0.0367 e. The molecule has 92 valence electrons. The molecule has 2 aliphatic carbocycles. The molecule has 0 saturated heterocycles. The van der Waals surface area contributed by atoms with E-state index in [1.165, 1.54) is 25.7 Å². The summed E-state index contributed by atoms with van der Waals surface area (Å²) in [6.07, 6.45) is 6.44. The zero-order valence-electron chi connectivity index (χ0n) is 10.5. The molecule has 1 aromatic carbocycles.